The molecule has 0 aliphatic carbocycles. The second kappa shape index (κ2) is 8.18. The number of hydrogen-bond acceptors (Lipinski definition) is 6. The number of hydrogen-bond donors (Lipinski definition) is 3. The lowest BCUT2D eigenvalue weighted by atomic mass is 9.88. The number of carbonyl (C=O) groups is 2. The Bertz CT molecular complexity index is 995. The maximum atomic E-state index is 12.3. The van der Waals surface area contributed by atoms with Crippen molar-refractivity contribution in [1.29, 1.82) is 0 Å². The van der Waals surface area contributed by atoms with Gasteiger partial charge in [0.2, 0.25) is 11.8 Å². The highest BCUT2D eigenvalue weighted by Gasteiger charge is 2.40. The first-order valence-electron chi connectivity index (χ1n) is 11.1. The third-order valence-electron chi connectivity index (χ3n) is 7.09. The highest BCUT2D eigenvalue weighted by molar-refractivity contribution is 6.00. The van der Waals surface area contributed by atoms with Crippen LogP contribution >= 0.6 is 0 Å². The maximum Gasteiger partial charge on any atom is 0.244 e. The minimum Gasteiger partial charge on any atom is -0.374 e. The van der Waals surface area contributed by atoms with Crippen molar-refractivity contribution in [2.75, 3.05) is 13.1 Å². The standard InChI is InChI=1S/C23H29N5O3/c1-14-19(25-13-24-14)12-27-8-6-15(7-9-27)16-2-3-18-17(10-16)11-28(23(18)31)20-4-5-21(29)26-22(20)30/h2-3,10,13,15,20,23,31H,4-9,11-12H2,1H3,(H,24,25)(H,26,29,30). The van der Waals surface area contributed by atoms with Crippen LogP contribution in [0.5, 0.6) is 0 Å². The Balaban J connectivity index is 1.23. The van der Waals surface area contributed by atoms with Gasteiger partial charge in [0.15, 0.2) is 0 Å². The molecule has 2 aromatic rings. The highest BCUT2D eigenvalue weighted by Crippen LogP contribution is 2.38. The molecule has 2 unspecified atom stereocenters. The van der Waals surface area contributed by atoms with E-state index in [9.17, 15) is 14.7 Å². The van der Waals surface area contributed by atoms with E-state index in [0.29, 0.717) is 25.3 Å². The van der Waals surface area contributed by atoms with Crippen molar-refractivity contribution in [3.05, 3.63) is 52.6 Å². The number of imidazole rings is 1. The van der Waals surface area contributed by atoms with Crippen molar-refractivity contribution in [3.8, 4) is 0 Å². The van der Waals surface area contributed by atoms with E-state index in [1.165, 1.54) is 5.56 Å². The van der Waals surface area contributed by atoms with E-state index in [0.717, 1.165) is 55.0 Å². The van der Waals surface area contributed by atoms with Gasteiger partial charge in [0.25, 0.3) is 0 Å². The highest BCUT2D eigenvalue weighted by atomic mass is 16.3. The van der Waals surface area contributed by atoms with E-state index in [1.807, 2.05) is 11.0 Å². The van der Waals surface area contributed by atoms with Gasteiger partial charge in [0, 0.05) is 25.2 Å². The molecular weight excluding hydrogens is 394 g/mol. The summed E-state index contributed by atoms with van der Waals surface area (Å²) in [5.74, 6) is -0.0324. The van der Waals surface area contributed by atoms with Gasteiger partial charge in [0.1, 0.15) is 6.23 Å². The van der Waals surface area contributed by atoms with Gasteiger partial charge in [-0.1, -0.05) is 18.2 Å². The molecule has 0 bridgehead atoms. The molecule has 0 spiro atoms. The van der Waals surface area contributed by atoms with Crippen LogP contribution in [0.25, 0.3) is 0 Å². The first kappa shape index (κ1) is 20.4. The molecule has 1 aromatic heterocycles. The lowest BCUT2D eigenvalue weighted by molar-refractivity contribution is -0.141. The molecule has 1 aromatic carbocycles. The third kappa shape index (κ3) is 3.91. The summed E-state index contributed by atoms with van der Waals surface area (Å²) in [5, 5.41) is 13.2. The first-order valence-corrected chi connectivity index (χ1v) is 11.1. The predicted octanol–water partition coefficient (Wildman–Crippen LogP) is 1.71. The number of benzene rings is 1. The van der Waals surface area contributed by atoms with Gasteiger partial charge in [0.05, 0.1) is 18.1 Å². The number of nitrogens with zero attached hydrogens (tertiary/aromatic N) is 3. The maximum absolute atomic E-state index is 12.3. The van der Waals surface area contributed by atoms with Crippen LogP contribution in [0.15, 0.2) is 24.5 Å². The Morgan fingerprint density at radius 2 is 2.00 bits per heavy atom. The Morgan fingerprint density at radius 1 is 1.19 bits per heavy atom. The summed E-state index contributed by atoms with van der Waals surface area (Å²) in [6.07, 6.45) is 3.93. The second-order valence-electron chi connectivity index (χ2n) is 9.00. The molecule has 8 heteroatoms. The Labute approximate surface area is 181 Å². The summed E-state index contributed by atoms with van der Waals surface area (Å²) in [6.45, 7) is 5.57. The van der Waals surface area contributed by atoms with Crippen LogP contribution in [-0.4, -0.2) is 55.8 Å². The molecule has 3 aliphatic heterocycles. The number of amides is 2. The number of likely N-dealkylation sites (tertiary alicyclic amines) is 1. The van der Waals surface area contributed by atoms with Gasteiger partial charge >= 0.3 is 0 Å². The van der Waals surface area contributed by atoms with Crippen molar-refractivity contribution in [2.24, 2.45) is 0 Å². The monoisotopic (exact) mass is 423 g/mol. The van der Waals surface area contributed by atoms with Crippen molar-refractivity contribution in [3.63, 3.8) is 0 Å². The van der Waals surface area contributed by atoms with E-state index in [2.05, 4.69) is 39.2 Å². The summed E-state index contributed by atoms with van der Waals surface area (Å²) < 4.78 is 0. The second-order valence-corrected chi connectivity index (χ2v) is 9.00. The Kier molecular flexibility index (Phi) is 5.37. The van der Waals surface area contributed by atoms with E-state index >= 15 is 0 Å². The molecule has 2 amide bonds. The van der Waals surface area contributed by atoms with Crippen LogP contribution in [0.2, 0.25) is 0 Å². The van der Waals surface area contributed by atoms with Gasteiger partial charge in [-0.3, -0.25) is 24.7 Å². The van der Waals surface area contributed by atoms with Crippen LogP contribution < -0.4 is 5.32 Å². The predicted molar refractivity (Wildman–Crippen MR) is 114 cm³/mol. The van der Waals surface area contributed by atoms with Crippen LogP contribution in [0.1, 0.15) is 65.9 Å². The number of aromatic amines is 1. The topological polar surface area (TPSA) is 102 Å². The minimum atomic E-state index is -0.799. The normalized spacial score (nSPS) is 25.6. The van der Waals surface area contributed by atoms with E-state index in [1.54, 1.807) is 6.33 Å². The zero-order valence-corrected chi connectivity index (χ0v) is 17.8. The van der Waals surface area contributed by atoms with Crippen LogP contribution in [-0.2, 0) is 22.7 Å². The van der Waals surface area contributed by atoms with Crippen LogP contribution in [0.3, 0.4) is 0 Å². The Hall–Kier alpha value is -2.55. The summed E-state index contributed by atoms with van der Waals surface area (Å²) in [5.41, 5.74) is 5.54. The smallest absolute Gasteiger partial charge is 0.244 e. The zero-order chi connectivity index (χ0) is 21.5. The number of nitrogens with one attached hydrogen (secondary N) is 2. The minimum absolute atomic E-state index is 0.233. The number of aryl methyl sites for hydroxylation is 1. The molecular formula is C23H29N5O3. The fourth-order valence-corrected chi connectivity index (χ4v) is 5.19. The van der Waals surface area contributed by atoms with E-state index in [4.69, 9.17) is 0 Å². The largest absolute Gasteiger partial charge is 0.374 e. The molecule has 4 heterocycles. The molecule has 0 saturated carbocycles. The molecule has 2 fully saturated rings. The molecule has 0 radical (unpaired) electrons. The van der Waals surface area contributed by atoms with Gasteiger partial charge in [-0.05, 0) is 61.9 Å². The molecule has 5 rings (SSSR count). The number of H-pyrrole nitrogens is 1. The molecule has 3 N–H and O–H groups in total. The number of fused-ring (bicyclic) bond motifs is 1. The van der Waals surface area contributed by atoms with Gasteiger partial charge in [-0.15, -0.1) is 0 Å². The fraction of sp³-hybridized carbons (Fsp3) is 0.522. The number of aromatic nitrogens is 2. The SMILES string of the molecule is Cc1[nH]cnc1CN1CCC(c2ccc3c(c2)CN(C2CCC(=O)NC2=O)C3O)CC1. The molecule has 3 aliphatic rings. The first-order chi connectivity index (χ1) is 15.0. The quantitative estimate of drug-likeness (QED) is 0.647. The number of imide groups is 1. The van der Waals surface area contributed by atoms with Crippen molar-refractivity contribution in [1.82, 2.24) is 25.1 Å². The lowest BCUT2D eigenvalue weighted by Gasteiger charge is -2.32. The average Bonchev–Trinajstić information content (AvgIpc) is 3.31. The number of piperidine rings is 2. The molecule has 8 nitrogen and oxygen atoms in total. The van der Waals surface area contributed by atoms with Gasteiger partial charge < -0.3 is 10.1 Å². The van der Waals surface area contributed by atoms with Crippen LogP contribution in [0, 0.1) is 6.92 Å². The molecule has 31 heavy (non-hydrogen) atoms. The molecule has 2 atom stereocenters. The third-order valence-corrected chi connectivity index (χ3v) is 7.09. The van der Waals surface area contributed by atoms with Gasteiger partial charge in [-0.2, -0.15) is 0 Å². The average molecular weight is 424 g/mol. The Morgan fingerprint density at radius 3 is 2.71 bits per heavy atom. The summed E-state index contributed by atoms with van der Waals surface area (Å²) in [4.78, 5) is 35.6. The summed E-state index contributed by atoms with van der Waals surface area (Å²) >= 11 is 0. The molecule has 2 saturated heterocycles. The number of aliphatic hydroxyl groups is 1. The number of aliphatic hydroxyl groups excluding tert-OH is 1. The summed E-state index contributed by atoms with van der Waals surface area (Å²) in [7, 11) is 0. The lowest BCUT2D eigenvalue weighted by Crippen LogP contribution is -2.51. The zero-order valence-electron chi connectivity index (χ0n) is 17.8. The van der Waals surface area contributed by atoms with E-state index < -0.39 is 12.3 Å². The van der Waals surface area contributed by atoms with Crippen molar-refractivity contribution < 1.29 is 14.7 Å². The van der Waals surface area contributed by atoms with Crippen molar-refractivity contribution >= 4 is 11.8 Å². The molecule has 164 valence electrons. The fourth-order valence-electron chi connectivity index (χ4n) is 5.19. The van der Waals surface area contributed by atoms with E-state index in [-0.39, 0.29) is 11.8 Å². The summed E-state index contributed by atoms with van der Waals surface area (Å²) in [6, 6.07) is 5.90. The van der Waals surface area contributed by atoms with Gasteiger partial charge in [-0.25, -0.2) is 4.98 Å². The number of carbonyl (C=O) groups excluding carboxylic acids is 2. The van der Waals surface area contributed by atoms with Crippen molar-refractivity contribution in [2.45, 2.75) is 63.9 Å². The van der Waals surface area contributed by atoms with Crippen LogP contribution in [0.4, 0.5) is 0 Å². The number of rotatable bonds is 4.